The van der Waals surface area contributed by atoms with Gasteiger partial charge in [0.05, 0.1) is 12.0 Å². The Hall–Kier alpha value is -2.38. The van der Waals surface area contributed by atoms with E-state index in [0.717, 1.165) is 5.69 Å². The number of carbonyl (C=O) groups is 1. The fourth-order valence-corrected chi connectivity index (χ4v) is 2.75. The predicted octanol–water partition coefficient (Wildman–Crippen LogP) is 4.53. The highest BCUT2D eigenvalue weighted by Gasteiger charge is 2.24. The number of nitrogens with zero attached hydrogens (tertiary/aromatic N) is 2. The van der Waals surface area contributed by atoms with Gasteiger partial charge in [-0.3, -0.25) is 4.79 Å². The summed E-state index contributed by atoms with van der Waals surface area (Å²) >= 11 is 6.00. The van der Waals surface area contributed by atoms with Crippen molar-refractivity contribution in [3.8, 4) is 6.07 Å². The molecule has 0 fully saturated rings. The van der Waals surface area contributed by atoms with E-state index in [-0.39, 0.29) is 22.9 Å². The smallest absolute Gasteiger partial charge is 0.228 e. The van der Waals surface area contributed by atoms with Gasteiger partial charge in [-0.15, -0.1) is 0 Å². The van der Waals surface area contributed by atoms with Crippen LogP contribution in [-0.2, 0) is 4.79 Å². The lowest BCUT2D eigenvalue weighted by Crippen LogP contribution is -2.31. The highest BCUT2D eigenvalue weighted by Crippen LogP contribution is 2.30. The minimum absolute atomic E-state index is 0.0779. The summed E-state index contributed by atoms with van der Waals surface area (Å²) in [7, 11) is 0. The highest BCUT2D eigenvalue weighted by molar-refractivity contribution is 6.31. The zero-order valence-electron chi connectivity index (χ0n) is 12.7. The molecule has 1 unspecified atom stereocenters. The summed E-state index contributed by atoms with van der Waals surface area (Å²) in [4.78, 5) is 14.1. The summed E-state index contributed by atoms with van der Waals surface area (Å²) < 4.78 is 14.0. The fraction of sp³-hybridized carbons (Fsp3) is 0.222. The third kappa shape index (κ3) is 3.88. The number of hydrogen-bond acceptors (Lipinski definition) is 2. The monoisotopic (exact) mass is 330 g/mol. The maximum Gasteiger partial charge on any atom is 0.228 e. The molecule has 0 bridgehead atoms. The van der Waals surface area contributed by atoms with E-state index in [1.165, 1.54) is 18.2 Å². The molecule has 0 spiro atoms. The number of hydrogen-bond donors (Lipinski definition) is 0. The summed E-state index contributed by atoms with van der Waals surface area (Å²) in [6.45, 7) is 2.31. The summed E-state index contributed by atoms with van der Waals surface area (Å²) in [5, 5.41) is 9.52. The summed E-state index contributed by atoms with van der Waals surface area (Å²) in [5.74, 6) is -1.74. The largest absolute Gasteiger partial charge is 0.313 e. The van der Waals surface area contributed by atoms with Crippen molar-refractivity contribution in [2.45, 2.75) is 19.3 Å². The number of nitriles is 1. The molecule has 1 amide bonds. The minimum Gasteiger partial charge on any atom is -0.313 e. The van der Waals surface area contributed by atoms with Crippen molar-refractivity contribution < 1.29 is 9.18 Å². The van der Waals surface area contributed by atoms with Crippen molar-refractivity contribution in [1.29, 1.82) is 5.26 Å². The number of carbonyl (C=O) groups excluding carboxylic acids is 1. The van der Waals surface area contributed by atoms with E-state index in [2.05, 4.69) is 0 Å². The quantitative estimate of drug-likeness (QED) is 0.808. The first kappa shape index (κ1) is 17.0. The van der Waals surface area contributed by atoms with E-state index in [0.29, 0.717) is 6.54 Å². The maximum atomic E-state index is 14.0. The number of halogens is 2. The van der Waals surface area contributed by atoms with Crippen molar-refractivity contribution in [2.24, 2.45) is 0 Å². The molecular formula is C18H16ClFN2O. The lowest BCUT2D eigenvalue weighted by atomic mass is 9.95. The van der Waals surface area contributed by atoms with Gasteiger partial charge < -0.3 is 4.90 Å². The van der Waals surface area contributed by atoms with E-state index in [9.17, 15) is 14.4 Å². The fourth-order valence-electron chi connectivity index (χ4n) is 2.45. The van der Waals surface area contributed by atoms with Gasteiger partial charge in [-0.05, 0) is 31.2 Å². The van der Waals surface area contributed by atoms with E-state index in [1.54, 1.807) is 4.90 Å². The van der Waals surface area contributed by atoms with Crippen molar-refractivity contribution in [3.63, 3.8) is 0 Å². The average Bonchev–Trinajstić information content (AvgIpc) is 2.55. The van der Waals surface area contributed by atoms with Gasteiger partial charge in [-0.25, -0.2) is 4.39 Å². The van der Waals surface area contributed by atoms with Crippen LogP contribution in [0.3, 0.4) is 0 Å². The van der Waals surface area contributed by atoms with Crippen molar-refractivity contribution in [2.75, 3.05) is 11.4 Å². The lowest BCUT2D eigenvalue weighted by molar-refractivity contribution is -0.118. The van der Waals surface area contributed by atoms with E-state index >= 15 is 0 Å². The molecule has 0 heterocycles. The first-order valence-corrected chi connectivity index (χ1v) is 7.65. The Kier molecular flexibility index (Phi) is 5.72. The normalized spacial score (nSPS) is 11.6. The van der Waals surface area contributed by atoms with Crippen LogP contribution in [0.25, 0.3) is 0 Å². The van der Waals surface area contributed by atoms with Gasteiger partial charge in [0.15, 0.2) is 0 Å². The summed E-state index contributed by atoms with van der Waals surface area (Å²) in [6, 6.07) is 15.4. The number of anilines is 1. The molecule has 0 radical (unpaired) electrons. The first-order valence-electron chi connectivity index (χ1n) is 7.27. The second kappa shape index (κ2) is 7.75. The average molecular weight is 331 g/mol. The molecule has 5 heteroatoms. The molecule has 2 aromatic rings. The predicted molar refractivity (Wildman–Crippen MR) is 88.9 cm³/mol. The Labute approximate surface area is 139 Å². The Morgan fingerprint density at radius 1 is 1.26 bits per heavy atom. The topological polar surface area (TPSA) is 44.1 Å². The van der Waals surface area contributed by atoms with Gasteiger partial charge in [-0.2, -0.15) is 5.26 Å². The number of rotatable bonds is 5. The molecule has 3 nitrogen and oxygen atoms in total. The van der Waals surface area contributed by atoms with Gasteiger partial charge in [0, 0.05) is 29.2 Å². The van der Waals surface area contributed by atoms with Crippen LogP contribution in [0, 0.1) is 17.1 Å². The van der Waals surface area contributed by atoms with Gasteiger partial charge in [-0.1, -0.05) is 35.9 Å². The second-order valence-electron chi connectivity index (χ2n) is 4.99. The van der Waals surface area contributed by atoms with Crippen LogP contribution in [0.5, 0.6) is 0 Å². The van der Waals surface area contributed by atoms with Gasteiger partial charge >= 0.3 is 0 Å². The Bertz CT molecular complexity index is 707. The molecule has 2 aromatic carbocycles. The molecular weight excluding hydrogens is 315 g/mol. The maximum absolute atomic E-state index is 14.0. The van der Waals surface area contributed by atoms with Crippen molar-refractivity contribution in [3.05, 3.63) is 64.9 Å². The standard InChI is InChI=1S/C18H16ClFN2O/c1-2-22(14-7-4-3-5-8-14)17(23)11-13(12-21)18-15(19)9-6-10-16(18)20/h3-10,13H,2,11H2,1H3. The lowest BCUT2D eigenvalue weighted by Gasteiger charge is -2.22. The summed E-state index contributed by atoms with van der Waals surface area (Å²) in [5.41, 5.74) is 0.824. The van der Waals surface area contributed by atoms with Gasteiger partial charge in [0.1, 0.15) is 5.82 Å². The third-order valence-corrected chi connectivity index (χ3v) is 3.90. The number of para-hydroxylation sites is 1. The van der Waals surface area contributed by atoms with Crippen LogP contribution in [0.4, 0.5) is 10.1 Å². The molecule has 0 saturated carbocycles. The van der Waals surface area contributed by atoms with E-state index < -0.39 is 11.7 Å². The van der Waals surface area contributed by atoms with Gasteiger partial charge in [0.25, 0.3) is 0 Å². The second-order valence-corrected chi connectivity index (χ2v) is 5.40. The molecule has 0 aliphatic heterocycles. The Balaban J connectivity index is 2.25. The SMILES string of the molecule is CCN(C(=O)CC(C#N)c1c(F)cccc1Cl)c1ccccc1. The van der Waals surface area contributed by atoms with E-state index in [1.807, 2.05) is 43.3 Å². The zero-order valence-corrected chi connectivity index (χ0v) is 13.4. The van der Waals surface area contributed by atoms with Crippen LogP contribution < -0.4 is 4.90 Å². The molecule has 0 saturated heterocycles. The molecule has 118 valence electrons. The van der Waals surface area contributed by atoms with Crippen LogP contribution in [0.2, 0.25) is 5.02 Å². The van der Waals surface area contributed by atoms with Crippen molar-refractivity contribution in [1.82, 2.24) is 0 Å². The Morgan fingerprint density at radius 2 is 1.96 bits per heavy atom. The molecule has 0 N–H and O–H groups in total. The van der Waals surface area contributed by atoms with Crippen molar-refractivity contribution >= 4 is 23.2 Å². The Morgan fingerprint density at radius 3 is 2.52 bits per heavy atom. The number of benzene rings is 2. The molecule has 0 aliphatic carbocycles. The molecule has 0 aliphatic rings. The van der Waals surface area contributed by atoms with Crippen LogP contribution in [0.1, 0.15) is 24.8 Å². The number of amides is 1. The zero-order chi connectivity index (χ0) is 16.8. The van der Waals surface area contributed by atoms with Crippen LogP contribution >= 0.6 is 11.6 Å². The minimum atomic E-state index is -0.922. The molecule has 2 rings (SSSR count). The van der Waals surface area contributed by atoms with Crippen LogP contribution in [0.15, 0.2) is 48.5 Å². The highest BCUT2D eigenvalue weighted by atomic mass is 35.5. The van der Waals surface area contributed by atoms with E-state index in [4.69, 9.17) is 11.6 Å². The van der Waals surface area contributed by atoms with Gasteiger partial charge in [0.2, 0.25) is 5.91 Å². The molecule has 0 aromatic heterocycles. The van der Waals surface area contributed by atoms with Crippen LogP contribution in [-0.4, -0.2) is 12.5 Å². The first-order chi connectivity index (χ1) is 11.1. The molecule has 1 atom stereocenters. The molecule has 23 heavy (non-hydrogen) atoms. The summed E-state index contributed by atoms with van der Waals surface area (Å²) in [6.07, 6.45) is -0.125. The third-order valence-electron chi connectivity index (χ3n) is 3.57.